The van der Waals surface area contributed by atoms with Crippen LogP contribution in [0.1, 0.15) is 0 Å². The zero-order valence-corrected chi connectivity index (χ0v) is 14.5. The van der Waals surface area contributed by atoms with Crippen LogP contribution < -0.4 is 19.5 Å². The standard InChI is InChI=1S/C19H19N3O4/c1-24-14-8-6-13(7-9-14)17-11-20-19(21-17)22-18(23)12-26-16-5-3-4-15(10-16)25-2/h3-11H,12H2,1-2H3,(H2,20,21,22,23). The molecule has 0 unspecified atom stereocenters. The Bertz CT molecular complexity index is 875. The Morgan fingerprint density at radius 3 is 2.50 bits per heavy atom. The summed E-state index contributed by atoms with van der Waals surface area (Å²) in [4.78, 5) is 19.2. The van der Waals surface area contributed by atoms with Crippen LogP contribution in [0.5, 0.6) is 17.2 Å². The van der Waals surface area contributed by atoms with E-state index < -0.39 is 0 Å². The van der Waals surface area contributed by atoms with E-state index in [1.165, 1.54) is 0 Å². The van der Waals surface area contributed by atoms with Gasteiger partial charge in [-0.3, -0.25) is 10.1 Å². The number of aromatic amines is 1. The van der Waals surface area contributed by atoms with Gasteiger partial charge in [0.15, 0.2) is 6.61 Å². The summed E-state index contributed by atoms with van der Waals surface area (Å²) in [7, 11) is 3.19. The second-order valence-corrected chi connectivity index (χ2v) is 5.39. The van der Waals surface area contributed by atoms with Gasteiger partial charge in [-0.2, -0.15) is 0 Å². The SMILES string of the molecule is COc1ccc(-c2cnc(NC(=O)COc3cccc(OC)c3)[nH]2)cc1. The highest BCUT2D eigenvalue weighted by atomic mass is 16.5. The second kappa shape index (κ2) is 8.06. The minimum atomic E-state index is -0.316. The maximum absolute atomic E-state index is 12.0. The predicted octanol–water partition coefficient (Wildman–Crippen LogP) is 3.11. The molecule has 26 heavy (non-hydrogen) atoms. The van der Waals surface area contributed by atoms with E-state index in [4.69, 9.17) is 14.2 Å². The maximum atomic E-state index is 12.0. The summed E-state index contributed by atoms with van der Waals surface area (Å²) in [6.45, 7) is -0.133. The van der Waals surface area contributed by atoms with Gasteiger partial charge >= 0.3 is 0 Å². The van der Waals surface area contributed by atoms with E-state index >= 15 is 0 Å². The molecule has 1 aromatic heterocycles. The number of carbonyl (C=O) groups excluding carboxylic acids is 1. The molecule has 0 saturated heterocycles. The Balaban J connectivity index is 1.56. The van der Waals surface area contributed by atoms with E-state index in [9.17, 15) is 4.79 Å². The van der Waals surface area contributed by atoms with Crippen LogP contribution in [0.3, 0.4) is 0 Å². The summed E-state index contributed by atoms with van der Waals surface area (Å²) >= 11 is 0. The Morgan fingerprint density at radius 2 is 1.77 bits per heavy atom. The highest BCUT2D eigenvalue weighted by Crippen LogP contribution is 2.22. The summed E-state index contributed by atoms with van der Waals surface area (Å²) in [5.41, 5.74) is 1.73. The lowest BCUT2D eigenvalue weighted by molar-refractivity contribution is -0.118. The number of hydrogen-bond donors (Lipinski definition) is 2. The molecule has 0 fully saturated rings. The van der Waals surface area contributed by atoms with E-state index in [1.54, 1.807) is 44.7 Å². The number of hydrogen-bond acceptors (Lipinski definition) is 5. The fraction of sp³-hybridized carbons (Fsp3) is 0.158. The maximum Gasteiger partial charge on any atom is 0.264 e. The highest BCUT2D eigenvalue weighted by Gasteiger charge is 2.08. The summed E-state index contributed by atoms with van der Waals surface area (Å²) in [6, 6.07) is 14.6. The first-order valence-corrected chi connectivity index (χ1v) is 7.94. The monoisotopic (exact) mass is 353 g/mol. The number of carbonyl (C=O) groups is 1. The van der Waals surface area contributed by atoms with Gasteiger partial charge in [0.1, 0.15) is 17.2 Å². The molecule has 7 nitrogen and oxygen atoms in total. The molecule has 0 aliphatic rings. The average molecular weight is 353 g/mol. The van der Waals surface area contributed by atoms with Crippen LogP contribution in [0.25, 0.3) is 11.3 Å². The number of benzene rings is 2. The zero-order chi connectivity index (χ0) is 18.4. The lowest BCUT2D eigenvalue weighted by Crippen LogP contribution is -2.20. The van der Waals surface area contributed by atoms with Crippen molar-refractivity contribution >= 4 is 11.9 Å². The average Bonchev–Trinajstić information content (AvgIpc) is 3.15. The fourth-order valence-corrected chi connectivity index (χ4v) is 2.31. The lowest BCUT2D eigenvalue weighted by Gasteiger charge is -2.07. The Kier molecular flexibility index (Phi) is 5.38. The van der Waals surface area contributed by atoms with Gasteiger partial charge in [-0.25, -0.2) is 4.98 Å². The van der Waals surface area contributed by atoms with E-state index in [1.807, 2.05) is 24.3 Å². The zero-order valence-electron chi connectivity index (χ0n) is 14.5. The Labute approximate surface area is 150 Å². The second-order valence-electron chi connectivity index (χ2n) is 5.39. The molecule has 0 atom stereocenters. The molecule has 134 valence electrons. The first-order valence-electron chi connectivity index (χ1n) is 7.94. The number of nitrogens with one attached hydrogen (secondary N) is 2. The first kappa shape index (κ1) is 17.3. The van der Waals surface area contributed by atoms with Crippen molar-refractivity contribution in [1.29, 1.82) is 0 Å². The number of rotatable bonds is 7. The van der Waals surface area contributed by atoms with Gasteiger partial charge in [-0.1, -0.05) is 6.07 Å². The number of anilines is 1. The molecule has 3 rings (SSSR count). The van der Waals surface area contributed by atoms with Gasteiger partial charge < -0.3 is 19.2 Å². The van der Waals surface area contributed by atoms with Crippen LogP contribution in [0.4, 0.5) is 5.95 Å². The predicted molar refractivity (Wildman–Crippen MR) is 97.7 cm³/mol. The van der Waals surface area contributed by atoms with Crippen LogP contribution in [-0.4, -0.2) is 36.7 Å². The van der Waals surface area contributed by atoms with Crippen molar-refractivity contribution in [2.45, 2.75) is 0 Å². The van der Waals surface area contributed by atoms with Crippen LogP contribution in [0, 0.1) is 0 Å². The number of ether oxygens (including phenoxy) is 3. The van der Waals surface area contributed by atoms with Crippen LogP contribution >= 0.6 is 0 Å². The van der Waals surface area contributed by atoms with Gasteiger partial charge in [0.25, 0.3) is 5.91 Å². The third kappa shape index (κ3) is 4.32. The highest BCUT2D eigenvalue weighted by molar-refractivity contribution is 5.90. The topological polar surface area (TPSA) is 85.5 Å². The first-order chi connectivity index (χ1) is 12.7. The third-order valence-corrected chi connectivity index (χ3v) is 3.65. The van der Waals surface area contributed by atoms with E-state index in [0.29, 0.717) is 17.4 Å². The molecule has 1 amide bonds. The van der Waals surface area contributed by atoms with Gasteiger partial charge in [0.2, 0.25) is 5.95 Å². The third-order valence-electron chi connectivity index (χ3n) is 3.65. The molecule has 0 spiro atoms. The number of aromatic nitrogens is 2. The van der Waals surface area contributed by atoms with Gasteiger partial charge in [0.05, 0.1) is 26.1 Å². The van der Waals surface area contributed by atoms with Crippen molar-refractivity contribution in [3.05, 3.63) is 54.7 Å². The van der Waals surface area contributed by atoms with Crippen molar-refractivity contribution in [3.63, 3.8) is 0 Å². The van der Waals surface area contributed by atoms with Gasteiger partial charge in [-0.05, 0) is 42.0 Å². The van der Waals surface area contributed by atoms with Crippen LogP contribution in [0.2, 0.25) is 0 Å². The summed E-state index contributed by atoms with van der Waals surface area (Å²) in [6.07, 6.45) is 1.65. The van der Waals surface area contributed by atoms with Crippen molar-refractivity contribution in [3.8, 4) is 28.5 Å². The van der Waals surface area contributed by atoms with Crippen molar-refractivity contribution < 1.29 is 19.0 Å². The van der Waals surface area contributed by atoms with Crippen molar-refractivity contribution in [2.24, 2.45) is 0 Å². The molecule has 0 saturated carbocycles. The number of imidazole rings is 1. The lowest BCUT2D eigenvalue weighted by atomic mass is 10.2. The summed E-state index contributed by atoms with van der Waals surface area (Å²) in [5, 5.41) is 2.67. The van der Waals surface area contributed by atoms with Gasteiger partial charge in [-0.15, -0.1) is 0 Å². The van der Waals surface area contributed by atoms with Crippen molar-refractivity contribution in [2.75, 3.05) is 26.1 Å². The smallest absolute Gasteiger partial charge is 0.264 e. The molecular weight excluding hydrogens is 334 g/mol. The largest absolute Gasteiger partial charge is 0.497 e. The molecule has 0 aliphatic carbocycles. The Hall–Kier alpha value is -3.48. The number of methoxy groups -OCH3 is 2. The van der Waals surface area contributed by atoms with E-state index in [-0.39, 0.29) is 12.5 Å². The summed E-state index contributed by atoms with van der Waals surface area (Å²) in [5.74, 6) is 2.03. The van der Waals surface area contributed by atoms with Gasteiger partial charge in [0, 0.05) is 6.07 Å². The minimum Gasteiger partial charge on any atom is -0.497 e. The molecule has 1 heterocycles. The van der Waals surface area contributed by atoms with E-state index in [2.05, 4.69) is 15.3 Å². The summed E-state index contributed by atoms with van der Waals surface area (Å²) < 4.78 is 15.7. The Morgan fingerprint density at radius 1 is 1.04 bits per heavy atom. The molecule has 0 bridgehead atoms. The van der Waals surface area contributed by atoms with Crippen molar-refractivity contribution in [1.82, 2.24) is 9.97 Å². The molecular formula is C19H19N3O4. The molecule has 0 radical (unpaired) electrons. The number of H-pyrrole nitrogens is 1. The number of nitrogens with zero attached hydrogens (tertiary/aromatic N) is 1. The molecule has 2 N–H and O–H groups in total. The minimum absolute atomic E-state index is 0.133. The molecule has 2 aromatic carbocycles. The number of amides is 1. The van der Waals surface area contributed by atoms with Crippen LogP contribution in [-0.2, 0) is 4.79 Å². The normalized spacial score (nSPS) is 10.2. The molecule has 7 heteroatoms. The van der Waals surface area contributed by atoms with Crippen LogP contribution in [0.15, 0.2) is 54.7 Å². The molecule has 3 aromatic rings. The van der Waals surface area contributed by atoms with E-state index in [0.717, 1.165) is 17.0 Å². The fourth-order valence-electron chi connectivity index (χ4n) is 2.31. The quantitative estimate of drug-likeness (QED) is 0.682. The molecule has 0 aliphatic heterocycles.